The smallest absolute Gasteiger partial charge is 0.246 e. The second-order valence-corrected chi connectivity index (χ2v) is 6.69. The minimum atomic E-state index is -3.84. The van der Waals surface area contributed by atoms with Gasteiger partial charge in [-0.1, -0.05) is 13.0 Å². The zero-order valence-corrected chi connectivity index (χ0v) is 11.2. The number of aliphatic hydroxyl groups is 1. The van der Waals surface area contributed by atoms with Gasteiger partial charge < -0.3 is 5.11 Å². The van der Waals surface area contributed by atoms with Crippen LogP contribution in [0.2, 0.25) is 0 Å². The molecule has 1 aromatic carbocycles. The molecule has 1 aliphatic rings. The Morgan fingerprint density at radius 3 is 2.61 bits per heavy atom. The third-order valence-corrected chi connectivity index (χ3v) is 5.11. The Morgan fingerprint density at radius 1 is 1.44 bits per heavy atom. The van der Waals surface area contributed by atoms with Crippen molar-refractivity contribution in [3.8, 4) is 0 Å². The Hall–Kier alpha value is -0.980. The SMILES string of the molecule is CCC1(O)CN(S(=O)(=O)c2cc(C)ccc2F)C1. The summed E-state index contributed by atoms with van der Waals surface area (Å²) < 4.78 is 39.0. The summed E-state index contributed by atoms with van der Waals surface area (Å²) in [6, 6.07) is 3.98. The second kappa shape index (κ2) is 4.29. The van der Waals surface area contributed by atoms with Gasteiger partial charge in [0.2, 0.25) is 10.0 Å². The van der Waals surface area contributed by atoms with Crippen LogP contribution in [-0.2, 0) is 10.0 Å². The molecule has 0 spiro atoms. The van der Waals surface area contributed by atoms with Gasteiger partial charge >= 0.3 is 0 Å². The zero-order chi connectivity index (χ0) is 13.6. The van der Waals surface area contributed by atoms with Crippen molar-refractivity contribution in [2.75, 3.05) is 13.1 Å². The van der Waals surface area contributed by atoms with Crippen molar-refractivity contribution in [3.05, 3.63) is 29.6 Å². The molecule has 0 atom stereocenters. The third kappa shape index (κ3) is 2.15. The van der Waals surface area contributed by atoms with Crippen LogP contribution in [0.5, 0.6) is 0 Å². The van der Waals surface area contributed by atoms with Crippen LogP contribution in [0.3, 0.4) is 0 Å². The summed E-state index contributed by atoms with van der Waals surface area (Å²) in [5, 5.41) is 9.82. The van der Waals surface area contributed by atoms with E-state index in [1.807, 2.05) is 0 Å². The van der Waals surface area contributed by atoms with Crippen molar-refractivity contribution in [3.63, 3.8) is 0 Å². The molecule has 4 nitrogen and oxygen atoms in total. The van der Waals surface area contributed by atoms with Crippen molar-refractivity contribution >= 4 is 10.0 Å². The standard InChI is InChI=1S/C12H16FNO3S/c1-3-12(15)7-14(8-12)18(16,17)11-6-9(2)4-5-10(11)13/h4-6,15H,3,7-8H2,1-2H3. The van der Waals surface area contributed by atoms with Gasteiger partial charge in [-0.2, -0.15) is 4.31 Å². The summed E-state index contributed by atoms with van der Waals surface area (Å²) in [6.45, 7) is 3.55. The van der Waals surface area contributed by atoms with Crippen LogP contribution in [0.1, 0.15) is 18.9 Å². The molecule has 0 unspecified atom stereocenters. The van der Waals surface area contributed by atoms with Crippen molar-refractivity contribution in [1.82, 2.24) is 4.31 Å². The maximum atomic E-state index is 13.6. The van der Waals surface area contributed by atoms with Crippen LogP contribution >= 0.6 is 0 Å². The predicted molar refractivity (Wildman–Crippen MR) is 65.1 cm³/mol. The van der Waals surface area contributed by atoms with E-state index in [-0.39, 0.29) is 18.0 Å². The summed E-state index contributed by atoms with van der Waals surface area (Å²) in [7, 11) is -3.84. The largest absolute Gasteiger partial charge is 0.387 e. The molecule has 0 radical (unpaired) electrons. The van der Waals surface area contributed by atoms with Gasteiger partial charge in [-0.05, 0) is 31.0 Å². The van der Waals surface area contributed by atoms with Crippen LogP contribution in [0.15, 0.2) is 23.1 Å². The van der Waals surface area contributed by atoms with Gasteiger partial charge in [-0.3, -0.25) is 0 Å². The molecule has 2 rings (SSSR count). The molecule has 18 heavy (non-hydrogen) atoms. The lowest BCUT2D eigenvalue weighted by molar-refractivity contribution is -0.0614. The van der Waals surface area contributed by atoms with Crippen LogP contribution in [-0.4, -0.2) is 36.5 Å². The van der Waals surface area contributed by atoms with Crippen molar-refractivity contribution in [2.24, 2.45) is 0 Å². The number of β-amino-alcohol motifs (C(OH)–C–C–N with tert-alkyl or cyclic N) is 1. The summed E-state index contributed by atoms with van der Waals surface area (Å²) in [6.07, 6.45) is 0.481. The Morgan fingerprint density at radius 2 is 2.06 bits per heavy atom. The molecule has 0 bridgehead atoms. The van der Waals surface area contributed by atoms with E-state index in [2.05, 4.69) is 0 Å². The third-order valence-electron chi connectivity index (χ3n) is 3.30. The molecule has 100 valence electrons. The molecule has 1 aromatic rings. The highest BCUT2D eigenvalue weighted by atomic mass is 32.2. The summed E-state index contributed by atoms with van der Waals surface area (Å²) in [5.41, 5.74) is -0.283. The molecule has 0 amide bonds. The van der Waals surface area contributed by atoms with Crippen LogP contribution in [0.4, 0.5) is 4.39 Å². The average Bonchev–Trinajstić information content (AvgIpc) is 2.28. The molecule has 0 aliphatic carbocycles. The topological polar surface area (TPSA) is 57.6 Å². The number of nitrogens with zero attached hydrogens (tertiary/aromatic N) is 1. The number of sulfonamides is 1. The highest BCUT2D eigenvalue weighted by molar-refractivity contribution is 7.89. The van der Waals surface area contributed by atoms with E-state index in [4.69, 9.17) is 0 Å². The first-order chi connectivity index (χ1) is 8.28. The van der Waals surface area contributed by atoms with E-state index < -0.39 is 21.4 Å². The fraction of sp³-hybridized carbons (Fsp3) is 0.500. The number of hydrogen-bond acceptors (Lipinski definition) is 3. The van der Waals surface area contributed by atoms with E-state index >= 15 is 0 Å². The second-order valence-electron chi connectivity index (χ2n) is 4.78. The molecule has 1 heterocycles. The predicted octanol–water partition coefficient (Wildman–Crippen LogP) is 1.28. The van der Waals surface area contributed by atoms with Gasteiger partial charge in [0.15, 0.2) is 0 Å². The lowest BCUT2D eigenvalue weighted by Gasteiger charge is -2.44. The Labute approximate surface area is 106 Å². The van der Waals surface area contributed by atoms with Gasteiger partial charge in [-0.25, -0.2) is 12.8 Å². The van der Waals surface area contributed by atoms with Gasteiger partial charge in [0, 0.05) is 13.1 Å². The van der Waals surface area contributed by atoms with Crippen LogP contribution in [0.25, 0.3) is 0 Å². The molecule has 1 saturated heterocycles. The minimum Gasteiger partial charge on any atom is -0.387 e. The minimum absolute atomic E-state index is 0.0270. The molecular weight excluding hydrogens is 257 g/mol. The Kier molecular flexibility index (Phi) is 3.21. The maximum Gasteiger partial charge on any atom is 0.246 e. The first-order valence-electron chi connectivity index (χ1n) is 5.77. The summed E-state index contributed by atoms with van der Waals surface area (Å²) >= 11 is 0. The highest BCUT2D eigenvalue weighted by Crippen LogP contribution is 2.31. The number of benzene rings is 1. The lowest BCUT2D eigenvalue weighted by atomic mass is 9.94. The van der Waals surface area contributed by atoms with E-state index in [0.29, 0.717) is 12.0 Å². The van der Waals surface area contributed by atoms with E-state index in [9.17, 15) is 17.9 Å². The Bertz CT molecular complexity index is 565. The summed E-state index contributed by atoms with van der Waals surface area (Å²) in [4.78, 5) is -0.319. The lowest BCUT2D eigenvalue weighted by Crippen LogP contribution is -2.62. The van der Waals surface area contributed by atoms with Crippen molar-refractivity contribution in [2.45, 2.75) is 30.8 Å². The number of halogens is 1. The normalized spacial score (nSPS) is 19.6. The Balaban J connectivity index is 2.31. The van der Waals surface area contributed by atoms with E-state index in [1.54, 1.807) is 13.8 Å². The molecule has 0 aromatic heterocycles. The summed E-state index contributed by atoms with van der Waals surface area (Å²) in [5.74, 6) is -0.757. The quantitative estimate of drug-likeness (QED) is 0.902. The van der Waals surface area contributed by atoms with Gasteiger partial charge in [-0.15, -0.1) is 0 Å². The van der Waals surface area contributed by atoms with E-state index in [1.165, 1.54) is 12.1 Å². The maximum absolute atomic E-state index is 13.6. The molecular formula is C12H16FNO3S. The van der Waals surface area contributed by atoms with E-state index in [0.717, 1.165) is 10.4 Å². The van der Waals surface area contributed by atoms with Gasteiger partial charge in [0.05, 0.1) is 5.60 Å². The zero-order valence-electron chi connectivity index (χ0n) is 10.4. The first-order valence-corrected chi connectivity index (χ1v) is 7.21. The average molecular weight is 273 g/mol. The van der Waals surface area contributed by atoms with Gasteiger partial charge in [0.1, 0.15) is 10.7 Å². The number of aryl methyl sites for hydroxylation is 1. The fourth-order valence-electron chi connectivity index (χ4n) is 1.95. The molecule has 6 heteroatoms. The van der Waals surface area contributed by atoms with Crippen molar-refractivity contribution in [1.29, 1.82) is 0 Å². The fourth-order valence-corrected chi connectivity index (χ4v) is 3.70. The number of rotatable bonds is 3. The number of hydrogen-bond donors (Lipinski definition) is 1. The molecule has 0 saturated carbocycles. The first kappa shape index (κ1) is 13.5. The molecule has 1 fully saturated rings. The van der Waals surface area contributed by atoms with Crippen molar-refractivity contribution < 1.29 is 17.9 Å². The molecule has 1 aliphatic heterocycles. The highest BCUT2D eigenvalue weighted by Gasteiger charge is 2.46. The molecule has 1 N–H and O–H groups in total. The van der Waals surface area contributed by atoms with Crippen LogP contribution in [0, 0.1) is 12.7 Å². The van der Waals surface area contributed by atoms with Gasteiger partial charge in [0.25, 0.3) is 0 Å². The monoisotopic (exact) mass is 273 g/mol. The van der Waals surface area contributed by atoms with Crippen LogP contribution < -0.4 is 0 Å².